The van der Waals surface area contributed by atoms with Crippen LogP contribution in [0.4, 0.5) is 5.69 Å². The molecule has 27 heavy (non-hydrogen) atoms. The third-order valence-corrected chi connectivity index (χ3v) is 6.37. The maximum atomic E-state index is 12.2. The van der Waals surface area contributed by atoms with Crippen LogP contribution in [0, 0.1) is 0 Å². The van der Waals surface area contributed by atoms with Gasteiger partial charge in [-0.2, -0.15) is 0 Å². The number of aromatic nitrogens is 1. The molecule has 0 atom stereocenters. The molecule has 0 aliphatic rings. The minimum Gasteiger partial charge on any atom is -0.431 e. The molecule has 1 N–H and O–H groups in total. The van der Waals surface area contributed by atoms with Crippen LogP contribution >= 0.6 is 11.8 Å². The van der Waals surface area contributed by atoms with Crippen LogP contribution in [0.3, 0.4) is 0 Å². The second-order valence-corrected chi connectivity index (χ2v) is 9.11. The van der Waals surface area contributed by atoms with Crippen LogP contribution in [0.5, 0.6) is 0 Å². The average molecular weight is 406 g/mol. The van der Waals surface area contributed by atoms with Crippen LogP contribution in [0.1, 0.15) is 6.42 Å². The third kappa shape index (κ3) is 4.68. The molecule has 0 saturated carbocycles. The first-order chi connectivity index (χ1) is 12.9. The molecule has 0 fully saturated rings. The number of carbonyl (C=O) groups excluding carboxylic acids is 1. The highest BCUT2D eigenvalue weighted by Gasteiger charge is 2.19. The topological polar surface area (TPSA) is 92.5 Å². The van der Waals surface area contributed by atoms with Crippen molar-refractivity contribution in [3.05, 3.63) is 48.5 Å². The Kier molecular flexibility index (Phi) is 5.83. The van der Waals surface area contributed by atoms with Crippen LogP contribution in [-0.4, -0.2) is 43.5 Å². The second kappa shape index (κ2) is 8.12. The number of para-hydroxylation sites is 1. The molecule has 0 bridgehead atoms. The summed E-state index contributed by atoms with van der Waals surface area (Å²) in [5, 5.41) is 3.21. The summed E-state index contributed by atoms with van der Waals surface area (Å²) in [6, 6.07) is 13.8. The van der Waals surface area contributed by atoms with E-state index in [1.807, 2.05) is 30.3 Å². The van der Waals surface area contributed by atoms with Crippen molar-refractivity contribution in [1.29, 1.82) is 0 Å². The summed E-state index contributed by atoms with van der Waals surface area (Å²) in [5.74, 6) is 0.401. The number of hydrogen-bond acceptors (Lipinski definition) is 6. The Morgan fingerprint density at radius 1 is 1.19 bits per heavy atom. The molecule has 3 rings (SSSR count). The number of sulfonamides is 1. The van der Waals surface area contributed by atoms with Crippen molar-refractivity contribution < 1.29 is 17.6 Å². The molecule has 2 aromatic carbocycles. The van der Waals surface area contributed by atoms with E-state index >= 15 is 0 Å². The predicted molar refractivity (Wildman–Crippen MR) is 105 cm³/mol. The molecule has 0 radical (unpaired) electrons. The molecular formula is C18H19N3O4S2. The Labute approximate surface area is 161 Å². The molecule has 0 aliphatic heterocycles. The zero-order chi connectivity index (χ0) is 19.4. The number of amides is 1. The maximum absolute atomic E-state index is 12.2. The summed E-state index contributed by atoms with van der Waals surface area (Å²) >= 11 is 1.31. The van der Waals surface area contributed by atoms with Gasteiger partial charge in [-0.15, -0.1) is 0 Å². The highest BCUT2D eigenvalue weighted by atomic mass is 32.2. The summed E-state index contributed by atoms with van der Waals surface area (Å²) < 4.78 is 31.2. The number of hydrogen-bond donors (Lipinski definition) is 1. The first kappa shape index (κ1) is 19.4. The van der Waals surface area contributed by atoms with Gasteiger partial charge in [0.25, 0.3) is 5.22 Å². The fourth-order valence-corrected chi connectivity index (χ4v) is 3.99. The van der Waals surface area contributed by atoms with E-state index in [1.54, 1.807) is 6.07 Å². The van der Waals surface area contributed by atoms with Gasteiger partial charge in [-0.1, -0.05) is 30.0 Å². The van der Waals surface area contributed by atoms with E-state index < -0.39 is 10.0 Å². The molecule has 0 spiro atoms. The third-order valence-electron chi connectivity index (χ3n) is 3.73. The molecule has 1 aromatic heterocycles. The Morgan fingerprint density at radius 3 is 2.63 bits per heavy atom. The number of nitrogens with one attached hydrogen (secondary N) is 1. The average Bonchev–Trinajstić information content (AvgIpc) is 3.04. The number of nitrogens with zero attached hydrogens (tertiary/aromatic N) is 2. The van der Waals surface area contributed by atoms with Crippen LogP contribution in [0.15, 0.2) is 63.1 Å². The number of oxazole rings is 1. The number of rotatable bonds is 7. The second-order valence-electron chi connectivity index (χ2n) is 5.91. The molecule has 142 valence electrons. The number of anilines is 1. The number of thioether (sulfide) groups is 1. The molecule has 0 aliphatic carbocycles. The van der Waals surface area contributed by atoms with Gasteiger partial charge in [0.1, 0.15) is 5.52 Å². The quantitative estimate of drug-likeness (QED) is 0.607. The van der Waals surface area contributed by atoms with E-state index in [4.69, 9.17) is 4.42 Å². The van der Waals surface area contributed by atoms with E-state index in [9.17, 15) is 13.2 Å². The fraction of sp³-hybridized carbons (Fsp3) is 0.222. The normalized spacial score (nSPS) is 11.8. The molecular weight excluding hydrogens is 386 g/mol. The molecule has 0 saturated heterocycles. The lowest BCUT2D eigenvalue weighted by atomic mass is 10.3. The van der Waals surface area contributed by atoms with Crippen LogP contribution in [-0.2, 0) is 14.8 Å². The van der Waals surface area contributed by atoms with Gasteiger partial charge >= 0.3 is 0 Å². The summed E-state index contributed by atoms with van der Waals surface area (Å²) in [4.78, 5) is 16.4. The minimum atomic E-state index is -3.53. The van der Waals surface area contributed by atoms with E-state index in [1.165, 1.54) is 38.0 Å². The van der Waals surface area contributed by atoms with Gasteiger partial charge in [-0.3, -0.25) is 4.79 Å². The minimum absolute atomic E-state index is 0.0934. The van der Waals surface area contributed by atoms with Crippen molar-refractivity contribution in [2.24, 2.45) is 0 Å². The summed E-state index contributed by atoms with van der Waals surface area (Å²) in [5.41, 5.74) is 1.72. The lowest BCUT2D eigenvalue weighted by Gasteiger charge is -2.10. The SMILES string of the molecule is CN(C)S(=O)(=O)c1ccc2oc(SCCC(=O)Nc3ccccc3)nc2c1. The van der Waals surface area contributed by atoms with Gasteiger partial charge in [0.15, 0.2) is 5.58 Å². The van der Waals surface area contributed by atoms with E-state index in [0.717, 1.165) is 9.99 Å². The Morgan fingerprint density at radius 2 is 1.93 bits per heavy atom. The lowest BCUT2D eigenvalue weighted by Crippen LogP contribution is -2.22. The molecule has 0 unspecified atom stereocenters. The number of fused-ring (bicyclic) bond motifs is 1. The highest BCUT2D eigenvalue weighted by molar-refractivity contribution is 7.99. The van der Waals surface area contributed by atoms with Gasteiger partial charge in [0, 0.05) is 32.0 Å². The largest absolute Gasteiger partial charge is 0.431 e. The first-order valence-corrected chi connectivity index (χ1v) is 10.6. The van der Waals surface area contributed by atoms with Crippen molar-refractivity contribution in [1.82, 2.24) is 9.29 Å². The Hall–Kier alpha value is -2.36. The van der Waals surface area contributed by atoms with Crippen molar-refractivity contribution in [2.45, 2.75) is 16.5 Å². The Balaban J connectivity index is 1.62. The molecule has 7 nitrogen and oxygen atoms in total. The van der Waals surface area contributed by atoms with Gasteiger partial charge in [0.2, 0.25) is 15.9 Å². The zero-order valence-corrected chi connectivity index (χ0v) is 16.5. The molecule has 1 amide bonds. The Bertz CT molecular complexity index is 1050. The predicted octanol–water partition coefficient (Wildman–Crippen LogP) is 3.20. The summed E-state index contributed by atoms with van der Waals surface area (Å²) in [6.45, 7) is 0. The fourth-order valence-electron chi connectivity index (χ4n) is 2.30. The zero-order valence-electron chi connectivity index (χ0n) is 14.9. The van der Waals surface area contributed by atoms with Crippen molar-refractivity contribution in [2.75, 3.05) is 25.2 Å². The highest BCUT2D eigenvalue weighted by Crippen LogP contribution is 2.26. The summed E-state index contributed by atoms with van der Waals surface area (Å²) in [7, 11) is -0.573. The van der Waals surface area contributed by atoms with Gasteiger partial charge < -0.3 is 9.73 Å². The molecule has 1 heterocycles. The summed E-state index contributed by atoms with van der Waals surface area (Å²) in [6.07, 6.45) is 0.304. The van der Waals surface area contributed by atoms with Crippen LogP contribution < -0.4 is 5.32 Å². The molecule has 3 aromatic rings. The lowest BCUT2D eigenvalue weighted by molar-refractivity contribution is -0.115. The van der Waals surface area contributed by atoms with Crippen molar-refractivity contribution in [3.8, 4) is 0 Å². The van der Waals surface area contributed by atoms with E-state index in [2.05, 4.69) is 10.3 Å². The monoisotopic (exact) mass is 405 g/mol. The van der Waals surface area contributed by atoms with Gasteiger partial charge in [-0.25, -0.2) is 17.7 Å². The smallest absolute Gasteiger partial charge is 0.256 e. The van der Waals surface area contributed by atoms with Gasteiger partial charge in [0.05, 0.1) is 4.90 Å². The maximum Gasteiger partial charge on any atom is 0.256 e. The van der Waals surface area contributed by atoms with Crippen LogP contribution in [0.2, 0.25) is 0 Å². The van der Waals surface area contributed by atoms with E-state index in [0.29, 0.717) is 28.5 Å². The number of benzene rings is 2. The molecule has 9 heteroatoms. The van der Waals surface area contributed by atoms with Gasteiger partial charge in [-0.05, 0) is 30.3 Å². The first-order valence-electron chi connectivity index (χ1n) is 8.17. The van der Waals surface area contributed by atoms with Crippen LogP contribution in [0.25, 0.3) is 11.1 Å². The van der Waals surface area contributed by atoms with Crippen molar-refractivity contribution >= 4 is 44.5 Å². The standard InChI is InChI=1S/C18H19N3O4S2/c1-21(2)27(23,24)14-8-9-16-15(12-14)20-18(25-16)26-11-10-17(22)19-13-6-4-3-5-7-13/h3-9,12H,10-11H2,1-2H3,(H,19,22). The van der Waals surface area contributed by atoms with Crippen molar-refractivity contribution in [3.63, 3.8) is 0 Å². The van der Waals surface area contributed by atoms with E-state index in [-0.39, 0.29) is 10.8 Å². The number of carbonyl (C=O) groups is 1.